The van der Waals surface area contributed by atoms with E-state index in [4.69, 9.17) is 9.47 Å². The minimum atomic E-state index is -0.397. The molecular weight excluding hydrogens is 320 g/mol. The molecule has 4 rings (SSSR count). The van der Waals surface area contributed by atoms with Crippen LogP contribution in [0.25, 0.3) is 0 Å². The monoisotopic (exact) mass is 350 g/mol. The first-order valence-corrected chi connectivity index (χ1v) is 9.57. The van der Waals surface area contributed by atoms with Gasteiger partial charge in [-0.1, -0.05) is 20.8 Å². The molecule has 0 aromatic rings. The van der Waals surface area contributed by atoms with Crippen molar-refractivity contribution in [3.05, 3.63) is 11.6 Å². The van der Waals surface area contributed by atoms with Crippen LogP contribution in [-0.2, 0) is 14.3 Å². The Balaban J connectivity index is 1.63. The Bertz CT molecular complexity index is 609. The van der Waals surface area contributed by atoms with E-state index in [1.54, 1.807) is 6.08 Å². The lowest BCUT2D eigenvalue weighted by Crippen LogP contribution is -2.64. The number of fused-ring (bicyclic) bond motifs is 2. The van der Waals surface area contributed by atoms with Crippen LogP contribution in [0.3, 0.4) is 0 Å². The fraction of sp³-hybridized carbons (Fsp3) is 0.850. The van der Waals surface area contributed by atoms with Gasteiger partial charge in [0.05, 0.1) is 18.8 Å². The summed E-state index contributed by atoms with van der Waals surface area (Å²) >= 11 is 0. The Hall–Kier alpha value is -0.910. The van der Waals surface area contributed by atoms with Crippen LogP contribution < -0.4 is 0 Å². The van der Waals surface area contributed by atoms with Crippen molar-refractivity contribution in [2.75, 3.05) is 13.2 Å². The number of hydrogen-bond donors (Lipinski definition) is 2. The highest BCUT2D eigenvalue weighted by molar-refractivity contribution is 5.85. The molecule has 25 heavy (non-hydrogen) atoms. The Morgan fingerprint density at radius 3 is 2.60 bits per heavy atom. The van der Waals surface area contributed by atoms with Crippen LogP contribution in [0.1, 0.15) is 52.9 Å². The Morgan fingerprint density at radius 2 is 2.00 bits per heavy atom. The van der Waals surface area contributed by atoms with E-state index in [9.17, 15) is 15.0 Å². The van der Waals surface area contributed by atoms with Gasteiger partial charge in [0.15, 0.2) is 0 Å². The van der Waals surface area contributed by atoms with Gasteiger partial charge in [-0.15, -0.1) is 0 Å². The highest BCUT2D eigenvalue weighted by Gasteiger charge is 2.72. The maximum atomic E-state index is 11.3. The number of epoxide rings is 1. The highest BCUT2D eigenvalue weighted by atomic mass is 16.6. The first kappa shape index (κ1) is 17.5. The minimum Gasteiger partial charge on any atom is -0.458 e. The molecule has 2 aliphatic heterocycles. The third kappa shape index (κ3) is 2.42. The number of carbonyl (C=O) groups is 1. The second-order valence-electron chi connectivity index (χ2n) is 9.28. The fourth-order valence-corrected chi connectivity index (χ4v) is 6.13. The lowest BCUT2D eigenvalue weighted by atomic mass is 9.43. The number of hydrogen-bond acceptors (Lipinski definition) is 5. The average molecular weight is 350 g/mol. The molecule has 4 aliphatic rings. The molecule has 1 spiro atoms. The van der Waals surface area contributed by atoms with Crippen molar-refractivity contribution in [1.29, 1.82) is 0 Å². The summed E-state index contributed by atoms with van der Waals surface area (Å²) < 4.78 is 10.9. The first-order valence-electron chi connectivity index (χ1n) is 9.57. The van der Waals surface area contributed by atoms with E-state index in [0.717, 1.165) is 24.8 Å². The number of aliphatic hydroxyl groups is 2. The standard InChI is InChI=1S/C20H30O5/c1-12-6-16(22)19(3)15(8-14(21)9-20(19)11-25-20)18(12,2)5-4-13-7-17(23)24-10-13/h7,12,14-16,21-22H,4-6,8-11H2,1-3H3/t12-,14-,15-,16+,18+,19+,20+/m1/s1. The zero-order valence-corrected chi connectivity index (χ0v) is 15.5. The van der Waals surface area contributed by atoms with Crippen LogP contribution in [0.2, 0.25) is 0 Å². The van der Waals surface area contributed by atoms with Gasteiger partial charge in [-0.2, -0.15) is 0 Å². The average Bonchev–Trinajstić information content (AvgIpc) is 3.20. The molecule has 3 fully saturated rings. The van der Waals surface area contributed by atoms with Gasteiger partial charge in [0.2, 0.25) is 0 Å². The highest BCUT2D eigenvalue weighted by Crippen LogP contribution is 2.68. The number of cyclic esters (lactones) is 1. The second kappa shape index (κ2) is 5.54. The van der Waals surface area contributed by atoms with Crippen LogP contribution in [0.15, 0.2) is 11.6 Å². The number of ether oxygens (including phenoxy) is 2. The third-order valence-corrected chi connectivity index (χ3v) is 8.17. The molecule has 1 saturated heterocycles. The quantitative estimate of drug-likeness (QED) is 0.603. The van der Waals surface area contributed by atoms with Crippen molar-refractivity contribution in [3.63, 3.8) is 0 Å². The molecule has 5 nitrogen and oxygen atoms in total. The van der Waals surface area contributed by atoms with E-state index in [0.29, 0.717) is 32.0 Å². The van der Waals surface area contributed by atoms with Crippen molar-refractivity contribution < 1.29 is 24.5 Å². The molecule has 0 aromatic carbocycles. The molecule has 7 atom stereocenters. The molecule has 140 valence electrons. The molecule has 0 radical (unpaired) electrons. The number of esters is 1. The van der Waals surface area contributed by atoms with E-state index in [1.807, 2.05) is 0 Å². The summed E-state index contributed by atoms with van der Waals surface area (Å²) in [6.07, 6.45) is 4.74. The smallest absolute Gasteiger partial charge is 0.331 e. The van der Waals surface area contributed by atoms with Crippen LogP contribution in [0, 0.1) is 22.7 Å². The minimum absolute atomic E-state index is 0.0131. The molecule has 0 bridgehead atoms. The largest absolute Gasteiger partial charge is 0.458 e. The van der Waals surface area contributed by atoms with Crippen LogP contribution in [-0.4, -0.2) is 47.2 Å². The maximum absolute atomic E-state index is 11.3. The van der Waals surface area contributed by atoms with Crippen LogP contribution in [0.5, 0.6) is 0 Å². The maximum Gasteiger partial charge on any atom is 0.331 e. The van der Waals surface area contributed by atoms with E-state index in [1.165, 1.54) is 0 Å². The van der Waals surface area contributed by atoms with Crippen molar-refractivity contribution >= 4 is 5.97 Å². The van der Waals surface area contributed by atoms with Gasteiger partial charge in [-0.05, 0) is 48.5 Å². The zero-order chi connectivity index (χ0) is 18.0. The Kier molecular flexibility index (Phi) is 3.88. The molecule has 2 N–H and O–H groups in total. The summed E-state index contributed by atoms with van der Waals surface area (Å²) in [5.74, 6) is 0.305. The topological polar surface area (TPSA) is 79.3 Å². The lowest BCUT2D eigenvalue weighted by Gasteiger charge is -2.62. The Morgan fingerprint density at radius 1 is 1.28 bits per heavy atom. The summed E-state index contributed by atoms with van der Waals surface area (Å²) in [4.78, 5) is 11.3. The van der Waals surface area contributed by atoms with Crippen LogP contribution in [0.4, 0.5) is 0 Å². The molecule has 0 aromatic heterocycles. The predicted molar refractivity (Wildman–Crippen MR) is 91.7 cm³/mol. The van der Waals surface area contributed by atoms with E-state index in [2.05, 4.69) is 20.8 Å². The molecule has 5 heteroatoms. The molecule has 0 unspecified atom stereocenters. The van der Waals surface area contributed by atoms with E-state index in [-0.39, 0.29) is 34.4 Å². The molecule has 0 amide bonds. The third-order valence-electron chi connectivity index (χ3n) is 8.17. The SMILES string of the molecule is C[C@@H]1C[C@H](O)[C@]2(C)[C@H](C[C@@H](O)C[C@]23CO3)[C@@]1(C)CCC1=CC(=O)OC1. The van der Waals surface area contributed by atoms with Gasteiger partial charge in [0.1, 0.15) is 12.2 Å². The first-order chi connectivity index (χ1) is 11.7. The summed E-state index contributed by atoms with van der Waals surface area (Å²) in [5.41, 5.74) is 0.368. The van der Waals surface area contributed by atoms with Gasteiger partial charge >= 0.3 is 5.97 Å². The zero-order valence-electron chi connectivity index (χ0n) is 15.5. The molecule has 2 saturated carbocycles. The number of carbonyl (C=O) groups excluding carboxylic acids is 1. The lowest BCUT2D eigenvalue weighted by molar-refractivity contribution is -0.203. The molecule has 2 aliphatic carbocycles. The van der Waals surface area contributed by atoms with Crippen LogP contribution >= 0.6 is 0 Å². The summed E-state index contributed by atoms with van der Waals surface area (Å²) in [6.45, 7) is 7.75. The van der Waals surface area contributed by atoms with Gasteiger partial charge < -0.3 is 19.7 Å². The predicted octanol–water partition coefficient (Wildman–Crippen LogP) is 2.20. The van der Waals surface area contributed by atoms with Gasteiger partial charge in [0.25, 0.3) is 0 Å². The number of aliphatic hydroxyl groups excluding tert-OH is 2. The van der Waals surface area contributed by atoms with Crippen molar-refractivity contribution in [2.24, 2.45) is 22.7 Å². The van der Waals surface area contributed by atoms with Crippen molar-refractivity contribution in [2.45, 2.75) is 70.7 Å². The fourth-order valence-electron chi connectivity index (χ4n) is 6.13. The van der Waals surface area contributed by atoms with Gasteiger partial charge in [-0.25, -0.2) is 4.79 Å². The normalized spacial score (nSPS) is 51.9. The van der Waals surface area contributed by atoms with E-state index < -0.39 is 6.10 Å². The van der Waals surface area contributed by atoms with Crippen molar-refractivity contribution in [1.82, 2.24) is 0 Å². The summed E-state index contributed by atoms with van der Waals surface area (Å²) in [7, 11) is 0. The molecular formula is C20H30O5. The summed E-state index contributed by atoms with van der Waals surface area (Å²) in [6, 6.07) is 0. The Labute approximate surface area is 149 Å². The second-order valence-corrected chi connectivity index (χ2v) is 9.28. The van der Waals surface area contributed by atoms with Crippen molar-refractivity contribution in [3.8, 4) is 0 Å². The summed E-state index contributed by atoms with van der Waals surface area (Å²) in [5, 5.41) is 21.5. The van der Waals surface area contributed by atoms with E-state index >= 15 is 0 Å². The van der Waals surface area contributed by atoms with Gasteiger partial charge in [-0.3, -0.25) is 0 Å². The van der Waals surface area contributed by atoms with Gasteiger partial charge in [0, 0.05) is 17.9 Å². The number of rotatable bonds is 3. The molecule has 2 heterocycles.